The molecule has 0 saturated carbocycles. The molecule has 29 heavy (non-hydrogen) atoms. The van der Waals surface area contributed by atoms with Gasteiger partial charge in [-0.15, -0.1) is 11.3 Å². The fourth-order valence-electron chi connectivity index (χ4n) is 2.60. The van der Waals surface area contributed by atoms with Gasteiger partial charge < -0.3 is 19.2 Å². The number of amides is 1. The predicted molar refractivity (Wildman–Crippen MR) is 105 cm³/mol. The number of carbonyl (C=O) groups is 3. The summed E-state index contributed by atoms with van der Waals surface area (Å²) in [4.78, 5) is 48.1. The highest BCUT2D eigenvalue weighted by atomic mass is 32.1. The molecule has 0 atom stereocenters. The summed E-state index contributed by atoms with van der Waals surface area (Å²) >= 11 is 1.07. The van der Waals surface area contributed by atoms with Crippen LogP contribution in [0.25, 0.3) is 11.1 Å². The fourth-order valence-corrected chi connectivity index (χ4v) is 3.58. The molecule has 152 valence electrons. The number of hydrogen-bond donors (Lipinski definition) is 1. The van der Waals surface area contributed by atoms with Crippen molar-refractivity contribution in [3.8, 4) is 0 Å². The van der Waals surface area contributed by atoms with E-state index in [-0.39, 0.29) is 13.2 Å². The lowest BCUT2D eigenvalue weighted by Gasteiger charge is -2.05. The molecule has 0 saturated heterocycles. The quantitative estimate of drug-likeness (QED) is 0.585. The molecule has 1 N–H and O–H groups in total. The Balaban J connectivity index is 1.56. The third-order valence-corrected chi connectivity index (χ3v) is 5.00. The molecule has 0 fully saturated rings. The highest BCUT2D eigenvalue weighted by Crippen LogP contribution is 2.27. The summed E-state index contributed by atoms with van der Waals surface area (Å²) in [6.07, 6.45) is 0. The topological polar surface area (TPSA) is 117 Å². The van der Waals surface area contributed by atoms with Gasteiger partial charge in [0.1, 0.15) is 11.4 Å². The zero-order chi connectivity index (χ0) is 21.0. The molecular weight excluding hydrogens is 400 g/mol. The first-order valence-corrected chi connectivity index (χ1v) is 9.52. The molecule has 1 aromatic carbocycles. The van der Waals surface area contributed by atoms with Crippen molar-refractivity contribution in [3.63, 3.8) is 0 Å². The van der Waals surface area contributed by atoms with E-state index in [2.05, 4.69) is 5.32 Å². The van der Waals surface area contributed by atoms with Crippen LogP contribution in [0.1, 0.15) is 22.2 Å². The van der Waals surface area contributed by atoms with Gasteiger partial charge in [-0.05, 0) is 37.6 Å². The molecule has 9 nitrogen and oxygen atoms in total. The Morgan fingerprint density at radius 3 is 2.72 bits per heavy atom. The van der Waals surface area contributed by atoms with Crippen LogP contribution in [0, 0.1) is 6.92 Å². The number of nitrogens with one attached hydrogen (secondary N) is 1. The largest absolute Gasteiger partial charge is 0.462 e. The van der Waals surface area contributed by atoms with E-state index in [4.69, 9.17) is 13.9 Å². The zero-order valence-electron chi connectivity index (χ0n) is 15.7. The summed E-state index contributed by atoms with van der Waals surface area (Å²) in [5.41, 5.74) is 1.49. The normalized spacial score (nSPS) is 10.7. The summed E-state index contributed by atoms with van der Waals surface area (Å²) in [5.74, 6) is -2.48. The van der Waals surface area contributed by atoms with Crippen LogP contribution in [0.4, 0.5) is 5.00 Å². The summed E-state index contributed by atoms with van der Waals surface area (Å²) in [5, 5.41) is 3.00. The Bertz CT molecular complexity index is 1130. The molecule has 0 aliphatic carbocycles. The van der Waals surface area contributed by atoms with Crippen LogP contribution in [0.5, 0.6) is 0 Å². The average molecular weight is 418 g/mol. The van der Waals surface area contributed by atoms with Gasteiger partial charge in [0, 0.05) is 0 Å². The molecule has 0 spiro atoms. The lowest BCUT2D eigenvalue weighted by Crippen LogP contribution is -2.25. The SMILES string of the molecule is CCOC(=O)c1sc(NC(=O)COC(=O)Cn2c(=O)oc3ccccc32)cc1C. The number of benzene rings is 1. The van der Waals surface area contributed by atoms with Crippen LogP contribution >= 0.6 is 11.3 Å². The second-order valence-electron chi connectivity index (χ2n) is 5.97. The lowest BCUT2D eigenvalue weighted by molar-refractivity contribution is -0.147. The standard InChI is InChI=1S/C19H18N2O7S/c1-3-26-18(24)17-11(2)8-15(29-17)20-14(22)10-27-16(23)9-21-12-6-4-5-7-13(12)28-19(21)25/h4-8H,3,9-10H2,1-2H3,(H,20,22). The number of rotatable bonds is 7. The highest BCUT2D eigenvalue weighted by molar-refractivity contribution is 7.18. The van der Waals surface area contributed by atoms with E-state index in [9.17, 15) is 19.2 Å². The monoisotopic (exact) mass is 418 g/mol. The van der Waals surface area contributed by atoms with Crippen LogP contribution in [0.15, 0.2) is 39.5 Å². The minimum atomic E-state index is -0.761. The van der Waals surface area contributed by atoms with E-state index in [1.165, 1.54) is 0 Å². The number of fused-ring (bicyclic) bond motifs is 1. The van der Waals surface area contributed by atoms with E-state index >= 15 is 0 Å². The summed E-state index contributed by atoms with van der Waals surface area (Å²) < 4.78 is 16.1. The van der Waals surface area contributed by atoms with Crippen molar-refractivity contribution in [3.05, 3.63) is 51.3 Å². The van der Waals surface area contributed by atoms with Gasteiger partial charge in [0.2, 0.25) is 0 Å². The van der Waals surface area contributed by atoms with Gasteiger partial charge in [0.25, 0.3) is 5.91 Å². The summed E-state index contributed by atoms with van der Waals surface area (Å²) in [6, 6.07) is 8.30. The molecule has 3 rings (SSSR count). The first kappa shape index (κ1) is 20.3. The molecule has 1 amide bonds. The number of aryl methyl sites for hydroxylation is 1. The van der Waals surface area contributed by atoms with Crippen molar-refractivity contribution in [2.75, 3.05) is 18.5 Å². The number of nitrogens with zero attached hydrogens (tertiary/aromatic N) is 1. The molecular formula is C19H18N2O7S. The minimum Gasteiger partial charge on any atom is -0.462 e. The van der Waals surface area contributed by atoms with Crippen LogP contribution in [0.2, 0.25) is 0 Å². The number of para-hydroxylation sites is 2. The van der Waals surface area contributed by atoms with Crippen LogP contribution in [-0.2, 0) is 25.6 Å². The van der Waals surface area contributed by atoms with Crippen molar-refractivity contribution in [2.45, 2.75) is 20.4 Å². The number of anilines is 1. The Morgan fingerprint density at radius 2 is 1.97 bits per heavy atom. The fraction of sp³-hybridized carbons (Fsp3) is 0.263. The van der Waals surface area contributed by atoms with Crippen molar-refractivity contribution in [1.82, 2.24) is 4.57 Å². The second kappa shape index (κ2) is 8.74. The number of aromatic nitrogens is 1. The van der Waals surface area contributed by atoms with Crippen molar-refractivity contribution >= 4 is 45.3 Å². The summed E-state index contributed by atoms with van der Waals surface area (Å²) in [6.45, 7) is 2.77. The van der Waals surface area contributed by atoms with Gasteiger partial charge in [-0.2, -0.15) is 0 Å². The van der Waals surface area contributed by atoms with Crippen molar-refractivity contribution < 1.29 is 28.3 Å². The Hall–Kier alpha value is -3.40. The van der Waals surface area contributed by atoms with E-state index in [0.717, 1.165) is 15.9 Å². The van der Waals surface area contributed by atoms with E-state index in [0.29, 0.717) is 26.5 Å². The molecule has 0 unspecified atom stereocenters. The maximum absolute atomic E-state index is 12.0. The minimum absolute atomic E-state index is 0.253. The number of carbonyl (C=O) groups excluding carboxylic acids is 3. The Labute approximate surface area is 168 Å². The Morgan fingerprint density at radius 1 is 1.21 bits per heavy atom. The first-order chi connectivity index (χ1) is 13.9. The number of thiophene rings is 1. The van der Waals surface area contributed by atoms with Crippen LogP contribution in [-0.4, -0.2) is 35.6 Å². The zero-order valence-corrected chi connectivity index (χ0v) is 16.5. The van der Waals surface area contributed by atoms with Crippen LogP contribution < -0.4 is 11.1 Å². The second-order valence-corrected chi connectivity index (χ2v) is 7.03. The third-order valence-electron chi connectivity index (χ3n) is 3.87. The average Bonchev–Trinajstić information content (AvgIpc) is 3.20. The number of esters is 2. The van der Waals surface area contributed by atoms with Gasteiger partial charge in [0.15, 0.2) is 12.2 Å². The van der Waals surface area contributed by atoms with Gasteiger partial charge in [-0.25, -0.2) is 9.59 Å². The molecule has 0 bridgehead atoms. The lowest BCUT2D eigenvalue weighted by atomic mass is 10.3. The van der Waals surface area contributed by atoms with E-state index in [1.807, 2.05) is 0 Å². The summed E-state index contributed by atoms with van der Waals surface area (Å²) in [7, 11) is 0. The van der Waals surface area contributed by atoms with Gasteiger partial charge in [-0.1, -0.05) is 12.1 Å². The maximum atomic E-state index is 12.0. The molecule has 0 aliphatic heterocycles. The molecule has 0 aliphatic rings. The molecule has 10 heteroatoms. The number of ether oxygens (including phenoxy) is 2. The molecule has 0 radical (unpaired) electrons. The van der Waals surface area contributed by atoms with E-state index in [1.54, 1.807) is 44.2 Å². The van der Waals surface area contributed by atoms with Crippen molar-refractivity contribution in [2.24, 2.45) is 0 Å². The molecule has 3 aromatic rings. The molecule has 2 aromatic heterocycles. The smallest absolute Gasteiger partial charge is 0.420 e. The number of oxazole rings is 1. The van der Waals surface area contributed by atoms with Gasteiger partial charge in [-0.3, -0.25) is 14.2 Å². The predicted octanol–water partition coefficient (Wildman–Crippen LogP) is 2.32. The third kappa shape index (κ3) is 4.72. The van der Waals surface area contributed by atoms with Crippen LogP contribution in [0.3, 0.4) is 0 Å². The van der Waals surface area contributed by atoms with Gasteiger partial charge >= 0.3 is 17.7 Å². The van der Waals surface area contributed by atoms with Gasteiger partial charge in [0.05, 0.1) is 17.1 Å². The first-order valence-electron chi connectivity index (χ1n) is 8.70. The highest BCUT2D eigenvalue weighted by Gasteiger charge is 2.17. The molecule has 2 heterocycles. The van der Waals surface area contributed by atoms with E-state index < -0.39 is 30.2 Å². The maximum Gasteiger partial charge on any atom is 0.420 e. The Kier molecular flexibility index (Phi) is 6.13. The van der Waals surface area contributed by atoms with Crippen molar-refractivity contribution in [1.29, 1.82) is 0 Å². The number of hydrogen-bond acceptors (Lipinski definition) is 8.